The van der Waals surface area contributed by atoms with Gasteiger partial charge in [-0.3, -0.25) is 0 Å². The standard InChI is InChI=1S/C11H12BrNO2/c1-13-9-7-3-5-14-10(7)8(12)6-2-4-15-11(6)9/h13H,2-5H2,1H3. The lowest BCUT2D eigenvalue weighted by Gasteiger charge is -2.13. The molecule has 2 aliphatic rings. The average molecular weight is 270 g/mol. The first-order valence-corrected chi connectivity index (χ1v) is 5.92. The van der Waals surface area contributed by atoms with E-state index in [9.17, 15) is 0 Å². The number of rotatable bonds is 1. The summed E-state index contributed by atoms with van der Waals surface area (Å²) in [5, 5.41) is 3.23. The maximum Gasteiger partial charge on any atom is 0.147 e. The zero-order valence-corrected chi connectivity index (χ0v) is 10.1. The van der Waals surface area contributed by atoms with Crippen molar-refractivity contribution in [2.45, 2.75) is 12.8 Å². The summed E-state index contributed by atoms with van der Waals surface area (Å²) in [6.07, 6.45) is 1.92. The van der Waals surface area contributed by atoms with Crippen molar-refractivity contribution in [3.05, 3.63) is 15.6 Å². The van der Waals surface area contributed by atoms with Crippen molar-refractivity contribution < 1.29 is 9.47 Å². The second-order valence-corrected chi connectivity index (χ2v) is 4.54. The van der Waals surface area contributed by atoms with Gasteiger partial charge in [-0.2, -0.15) is 0 Å². The first kappa shape index (κ1) is 9.33. The van der Waals surface area contributed by atoms with Gasteiger partial charge in [-0.05, 0) is 15.9 Å². The molecule has 2 heterocycles. The SMILES string of the molecule is CNc1c2c(c(Br)c3c1OCC3)OCC2. The van der Waals surface area contributed by atoms with Crippen molar-refractivity contribution in [3.63, 3.8) is 0 Å². The molecule has 80 valence electrons. The van der Waals surface area contributed by atoms with Crippen LogP contribution in [0.15, 0.2) is 4.47 Å². The summed E-state index contributed by atoms with van der Waals surface area (Å²) in [6, 6.07) is 0. The van der Waals surface area contributed by atoms with Crippen LogP contribution in [0.1, 0.15) is 11.1 Å². The topological polar surface area (TPSA) is 30.5 Å². The van der Waals surface area contributed by atoms with Gasteiger partial charge in [-0.25, -0.2) is 0 Å². The summed E-state index contributed by atoms with van der Waals surface area (Å²) >= 11 is 3.61. The van der Waals surface area contributed by atoms with Crippen LogP contribution in [-0.2, 0) is 12.8 Å². The first-order valence-electron chi connectivity index (χ1n) is 5.13. The number of halogens is 1. The van der Waals surface area contributed by atoms with Crippen LogP contribution in [0.4, 0.5) is 5.69 Å². The molecule has 0 aromatic heterocycles. The Morgan fingerprint density at radius 3 is 2.47 bits per heavy atom. The molecule has 0 spiro atoms. The Morgan fingerprint density at radius 1 is 1.07 bits per heavy atom. The van der Waals surface area contributed by atoms with Gasteiger partial charge in [-0.1, -0.05) is 0 Å². The van der Waals surface area contributed by atoms with E-state index in [-0.39, 0.29) is 0 Å². The van der Waals surface area contributed by atoms with E-state index in [0.717, 1.165) is 47.7 Å². The maximum atomic E-state index is 5.68. The minimum absolute atomic E-state index is 0.769. The molecule has 1 aromatic carbocycles. The van der Waals surface area contributed by atoms with Crippen LogP contribution < -0.4 is 14.8 Å². The first-order chi connectivity index (χ1) is 7.33. The molecule has 0 bridgehead atoms. The molecular formula is C11H12BrNO2. The predicted octanol–water partition coefficient (Wildman–Crippen LogP) is 2.36. The number of benzene rings is 1. The zero-order valence-electron chi connectivity index (χ0n) is 8.52. The minimum atomic E-state index is 0.769. The minimum Gasteiger partial charge on any atom is -0.492 e. The molecule has 0 amide bonds. The lowest BCUT2D eigenvalue weighted by atomic mass is 10.0. The normalized spacial score (nSPS) is 16.7. The molecule has 4 heteroatoms. The summed E-state index contributed by atoms with van der Waals surface area (Å²) in [7, 11) is 1.93. The molecule has 0 fully saturated rings. The largest absolute Gasteiger partial charge is 0.492 e. The van der Waals surface area contributed by atoms with Crippen molar-refractivity contribution >= 4 is 21.6 Å². The fourth-order valence-electron chi connectivity index (χ4n) is 2.32. The van der Waals surface area contributed by atoms with E-state index in [4.69, 9.17) is 9.47 Å². The summed E-state index contributed by atoms with van der Waals surface area (Å²) in [4.78, 5) is 0. The molecule has 0 saturated carbocycles. The van der Waals surface area contributed by atoms with Gasteiger partial charge >= 0.3 is 0 Å². The lowest BCUT2D eigenvalue weighted by Crippen LogP contribution is -1.98. The van der Waals surface area contributed by atoms with Crippen molar-refractivity contribution in [2.75, 3.05) is 25.6 Å². The van der Waals surface area contributed by atoms with Crippen molar-refractivity contribution in [2.24, 2.45) is 0 Å². The Hall–Kier alpha value is -0.900. The number of anilines is 1. The lowest BCUT2D eigenvalue weighted by molar-refractivity contribution is 0.354. The van der Waals surface area contributed by atoms with Gasteiger partial charge in [0.1, 0.15) is 11.5 Å². The van der Waals surface area contributed by atoms with Gasteiger partial charge in [0.05, 0.1) is 23.4 Å². The number of hydrogen-bond donors (Lipinski definition) is 1. The van der Waals surface area contributed by atoms with Gasteiger partial charge in [-0.15, -0.1) is 0 Å². The number of ether oxygens (including phenoxy) is 2. The Morgan fingerprint density at radius 2 is 1.73 bits per heavy atom. The fourth-order valence-corrected chi connectivity index (χ4v) is 3.05. The molecule has 1 N–H and O–H groups in total. The molecule has 2 aliphatic heterocycles. The van der Waals surface area contributed by atoms with Crippen LogP contribution in [0.2, 0.25) is 0 Å². The monoisotopic (exact) mass is 269 g/mol. The van der Waals surface area contributed by atoms with Crippen LogP contribution in [0.5, 0.6) is 11.5 Å². The fraction of sp³-hybridized carbons (Fsp3) is 0.455. The number of nitrogens with one attached hydrogen (secondary N) is 1. The molecule has 1 aromatic rings. The highest BCUT2D eigenvalue weighted by Crippen LogP contribution is 2.49. The summed E-state index contributed by atoms with van der Waals surface area (Å²) in [5.74, 6) is 2.01. The molecule has 0 saturated heterocycles. The van der Waals surface area contributed by atoms with Crippen LogP contribution in [0, 0.1) is 0 Å². The van der Waals surface area contributed by atoms with Gasteiger partial charge in [0.2, 0.25) is 0 Å². The molecule has 3 rings (SSSR count). The molecule has 0 unspecified atom stereocenters. The number of fused-ring (bicyclic) bond motifs is 2. The average Bonchev–Trinajstić information content (AvgIpc) is 2.85. The molecule has 0 atom stereocenters. The molecule has 3 nitrogen and oxygen atoms in total. The summed E-state index contributed by atoms with van der Waals surface area (Å²) < 4.78 is 12.4. The third-order valence-electron chi connectivity index (χ3n) is 2.99. The van der Waals surface area contributed by atoms with E-state index in [1.807, 2.05) is 7.05 Å². The Kier molecular flexibility index (Phi) is 2.06. The van der Waals surface area contributed by atoms with Gasteiger partial charge < -0.3 is 14.8 Å². The van der Waals surface area contributed by atoms with Crippen LogP contribution in [0.3, 0.4) is 0 Å². The molecule has 0 aliphatic carbocycles. The smallest absolute Gasteiger partial charge is 0.147 e. The summed E-state index contributed by atoms with van der Waals surface area (Å²) in [5.41, 5.74) is 3.59. The maximum absolute atomic E-state index is 5.68. The number of hydrogen-bond acceptors (Lipinski definition) is 3. The molecular weight excluding hydrogens is 258 g/mol. The highest BCUT2D eigenvalue weighted by atomic mass is 79.9. The second kappa shape index (κ2) is 3.30. The highest BCUT2D eigenvalue weighted by Gasteiger charge is 2.29. The van der Waals surface area contributed by atoms with E-state index in [1.165, 1.54) is 11.1 Å². The highest BCUT2D eigenvalue weighted by molar-refractivity contribution is 9.10. The van der Waals surface area contributed by atoms with E-state index < -0.39 is 0 Å². The Balaban J connectivity index is 2.31. The predicted molar refractivity (Wildman–Crippen MR) is 62.1 cm³/mol. The summed E-state index contributed by atoms with van der Waals surface area (Å²) in [6.45, 7) is 1.54. The van der Waals surface area contributed by atoms with Crippen LogP contribution >= 0.6 is 15.9 Å². The second-order valence-electron chi connectivity index (χ2n) is 3.75. The third-order valence-corrected chi connectivity index (χ3v) is 3.83. The van der Waals surface area contributed by atoms with E-state index in [2.05, 4.69) is 21.2 Å². The van der Waals surface area contributed by atoms with Crippen LogP contribution in [0.25, 0.3) is 0 Å². The van der Waals surface area contributed by atoms with E-state index >= 15 is 0 Å². The molecule has 15 heavy (non-hydrogen) atoms. The van der Waals surface area contributed by atoms with Gasteiger partial charge in [0, 0.05) is 31.0 Å². The van der Waals surface area contributed by atoms with Gasteiger partial charge in [0.25, 0.3) is 0 Å². The van der Waals surface area contributed by atoms with E-state index in [0.29, 0.717) is 0 Å². The van der Waals surface area contributed by atoms with E-state index in [1.54, 1.807) is 0 Å². The zero-order chi connectivity index (χ0) is 10.4. The van der Waals surface area contributed by atoms with Crippen molar-refractivity contribution in [1.82, 2.24) is 0 Å². The van der Waals surface area contributed by atoms with Crippen molar-refractivity contribution in [3.8, 4) is 11.5 Å². The quantitative estimate of drug-likeness (QED) is 0.849. The molecule has 0 radical (unpaired) electrons. The Labute approximate surface area is 96.9 Å². The van der Waals surface area contributed by atoms with Gasteiger partial charge in [0.15, 0.2) is 0 Å². The van der Waals surface area contributed by atoms with Crippen LogP contribution in [-0.4, -0.2) is 20.3 Å². The third kappa shape index (κ3) is 1.17. The Bertz CT molecular complexity index is 396. The van der Waals surface area contributed by atoms with Crippen molar-refractivity contribution in [1.29, 1.82) is 0 Å².